The van der Waals surface area contributed by atoms with E-state index in [0.29, 0.717) is 10.8 Å². The van der Waals surface area contributed by atoms with Crippen LogP contribution in [0.3, 0.4) is 0 Å². The van der Waals surface area contributed by atoms with Gasteiger partial charge in [0.2, 0.25) is 5.78 Å². The summed E-state index contributed by atoms with van der Waals surface area (Å²) in [6.45, 7) is 1.67. The number of halogens is 2. The predicted molar refractivity (Wildman–Crippen MR) is 82.8 cm³/mol. The van der Waals surface area contributed by atoms with Gasteiger partial charge in [0.05, 0.1) is 10.6 Å². The maximum atomic E-state index is 12.3. The lowest BCUT2D eigenvalue weighted by Gasteiger charge is -2.07. The Morgan fingerprint density at radius 3 is 2.82 bits per heavy atom. The van der Waals surface area contributed by atoms with Gasteiger partial charge < -0.3 is 5.32 Å². The van der Waals surface area contributed by atoms with Gasteiger partial charge in [-0.1, -0.05) is 23.2 Å². The fraction of sp³-hybridized carbons (Fsp3) is 0.0769. The summed E-state index contributed by atoms with van der Waals surface area (Å²) in [5.74, 6) is 0.404. The van der Waals surface area contributed by atoms with Gasteiger partial charge in [-0.3, -0.25) is 14.6 Å². The highest BCUT2D eigenvalue weighted by atomic mass is 35.5. The van der Waals surface area contributed by atoms with E-state index in [4.69, 9.17) is 23.2 Å². The Bertz CT molecular complexity index is 947. The Hall–Kier alpha value is -2.38. The molecule has 2 N–H and O–H groups in total. The number of aromatic nitrogens is 4. The van der Waals surface area contributed by atoms with Crippen LogP contribution in [0.4, 0.5) is 5.82 Å². The van der Waals surface area contributed by atoms with Crippen LogP contribution >= 0.6 is 23.2 Å². The molecule has 0 unspecified atom stereocenters. The first-order valence-corrected chi connectivity index (χ1v) is 6.93. The Morgan fingerprint density at radius 1 is 1.32 bits per heavy atom. The van der Waals surface area contributed by atoms with Gasteiger partial charge in [-0.15, -0.1) is 5.10 Å². The van der Waals surface area contributed by atoms with Crippen molar-refractivity contribution in [3.63, 3.8) is 0 Å². The molecule has 1 aromatic carbocycles. The summed E-state index contributed by atoms with van der Waals surface area (Å²) in [6.07, 6.45) is 0. The fourth-order valence-electron chi connectivity index (χ4n) is 1.94. The minimum atomic E-state index is -0.485. The lowest BCUT2D eigenvalue weighted by atomic mass is 10.2. The third kappa shape index (κ3) is 2.68. The molecule has 0 saturated heterocycles. The van der Waals surface area contributed by atoms with Crippen molar-refractivity contribution < 1.29 is 4.79 Å². The van der Waals surface area contributed by atoms with Crippen molar-refractivity contribution in [3.05, 3.63) is 56.1 Å². The van der Waals surface area contributed by atoms with Crippen LogP contribution < -0.4 is 10.9 Å². The monoisotopic (exact) mass is 337 g/mol. The van der Waals surface area contributed by atoms with Gasteiger partial charge in [0.15, 0.2) is 0 Å². The van der Waals surface area contributed by atoms with Gasteiger partial charge in [-0.25, -0.2) is 0 Å². The quantitative estimate of drug-likeness (QED) is 0.750. The summed E-state index contributed by atoms with van der Waals surface area (Å²) >= 11 is 11.8. The van der Waals surface area contributed by atoms with Gasteiger partial charge in [0.25, 0.3) is 11.5 Å². The number of nitrogens with zero attached hydrogens (tertiary/aromatic N) is 3. The van der Waals surface area contributed by atoms with E-state index in [2.05, 4.69) is 20.4 Å². The number of benzene rings is 1. The molecule has 0 aliphatic heterocycles. The van der Waals surface area contributed by atoms with Crippen LogP contribution in [0.15, 0.2) is 29.1 Å². The van der Waals surface area contributed by atoms with E-state index in [1.165, 1.54) is 22.7 Å². The summed E-state index contributed by atoms with van der Waals surface area (Å²) in [5.41, 5.74) is -0.172. The van der Waals surface area contributed by atoms with Crippen molar-refractivity contribution >= 4 is 40.7 Å². The molecule has 1 amide bonds. The zero-order valence-corrected chi connectivity index (χ0v) is 12.7. The minimum Gasteiger partial charge on any atom is -0.306 e. The average Bonchev–Trinajstić information content (AvgIpc) is 2.78. The molecule has 2 aromatic heterocycles. The Morgan fingerprint density at radius 2 is 2.09 bits per heavy atom. The lowest BCUT2D eigenvalue weighted by Crippen LogP contribution is -2.19. The van der Waals surface area contributed by atoms with E-state index < -0.39 is 11.5 Å². The summed E-state index contributed by atoms with van der Waals surface area (Å²) in [5, 5.41) is 7.33. The zero-order valence-electron chi connectivity index (χ0n) is 11.2. The molecular formula is C13H9Cl2N5O2. The highest BCUT2D eigenvalue weighted by Crippen LogP contribution is 2.21. The number of hydrogen-bond acceptors (Lipinski definition) is 4. The first-order chi connectivity index (χ1) is 10.4. The molecule has 9 heteroatoms. The number of rotatable bonds is 2. The van der Waals surface area contributed by atoms with Crippen molar-refractivity contribution in [2.24, 2.45) is 0 Å². The molecule has 0 atom stereocenters. The lowest BCUT2D eigenvalue weighted by molar-refractivity contribution is 0.102. The summed E-state index contributed by atoms with van der Waals surface area (Å²) in [4.78, 5) is 30.5. The molecule has 22 heavy (non-hydrogen) atoms. The normalized spacial score (nSPS) is 10.9. The molecule has 112 valence electrons. The van der Waals surface area contributed by atoms with Gasteiger partial charge in [-0.2, -0.15) is 9.50 Å². The average molecular weight is 338 g/mol. The first-order valence-electron chi connectivity index (χ1n) is 6.17. The number of aryl methyl sites for hydroxylation is 1. The van der Waals surface area contributed by atoms with E-state index in [1.807, 2.05) is 0 Å². The van der Waals surface area contributed by atoms with E-state index in [0.717, 1.165) is 0 Å². The van der Waals surface area contributed by atoms with Crippen LogP contribution in [0.5, 0.6) is 0 Å². The van der Waals surface area contributed by atoms with E-state index in [1.54, 1.807) is 13.0 Å². The second-order valence-corrected chi connectivity index (χ2v) is 5.34. The SMILES string of the molecule is Cc1nc2[nH]c(=O)cc(NC(=O)c3ccc(Cl)cc3Cl)n2n1. The summed E-state index contributed by atoms with van der Waals surface area (Å²) < 4.78 is 1.33. The first kappa shape index (κ1) is 14.6. The van der Waals surface area contributed by atoms with Gasteiger partial charge >= 0.3 is 0 Å². The van der Waals surface area contributed by atoms with Crippen LogP contribution in [-0.2, 0) is 0 Å². The van der Waals surface area contributed by atoms with E-state index in [-0.39, 0.29) is 22.2 Å². The Labute approximate surface area is 133 Å². The number of H-pyrrole nitrogens is 1. The predicted octanol–water partition coefficient (Wildman–Crippen LogP) is 2.29. The topological polar surface area (TPSA) is 92.1 Å². The number of aromatic amines is 1. The fourth-order valence-corrected chi connectivity index (χ4v) is 2.44. The number of amides is 1. The molecular weight excluding hydrogens is 329 g/mol. The molecule has 0 bridgehead atoms. The van der Waals surface area contributed by atoms with Crippen molar-refractivity contribution in [1.29, 1.82) is 0 Å². The molecule has 0 fully saturated rings. The third-order valence-electron chi connectivity index (χ3n) is 2.86. The maximum Gasteiger partial charge on any atom is 0.258 e. The van der Waals surface area contributed by atoms with Crippen molar-refractivity contribution in [2.75, 3.05) is 5.32 Å². The van der Waals surface area contributed by atoms with E-state index in [9.17, 15) is 9.59 Å². The van der Waals surface area contributed by atoms with Crippen molar-refractivity contribution in [2.45, 2.75) is 6.92 Å². The Kier molecular flexibility index (Phi) is 3.59. The van der Waals surface area contributed by atoms with Crippen LogP contribution in [0.2, 0.25) is 10.0 Å². The highest BCUT2D eigenvalue weighted by Gasteiger charge is 2.14. The second-order valence-electron chi connectivity index (χ2n) is 4.49. The highest BCUT2D eigenvalue weighted by molar-refractivity contribution is 6.37. The molecule has 0 aliphatic rings. The van der Waals surface area contributed by atoms with Gasteiger partial charge in [-0.05, 0) is 25.1 Å². The molecule has 3 aromatic rings. The summed E-state index contributed by atoms with van der Waals surface area (Å²) in [7, 11) is 0. The zero-order chi connectivity index (χ0) is 15.9. The molecule has 0 aliphatic carbocycles. The molecule has 0 radical (unpaired) electrons. The standard InChI is InChI=1S/C13H9Cl2N5O2/c1-6-16-13-18-11(21)5-10(20(13)19-6)17-12(22)8-3-2-7(14)4-9(8)15/h2-5H,1H3,(H,17,22)(H,16,18,19,21). The van der Waals surface area contributed by atoms with Crippen LogP contribution in [0.25, 0.3) is 5.78 Å². The van der Waals surface area contributed by atoms with E-state index >= 15 is 0 Å². The molecule has 0 saturated carbocycles. The minimum absolute atomic E-state index is 0.190. The van der Waals surface area contributed by atoms with Gasteiger partial charge in [0.1, 0.15) is 11.6 Å². The van der Waals surface area contributed by atoms with Crippen molar-refractivity contribution in [1.82, 2.24) is 19.6 Å². The molecule has 3 rings (SSSR count). The number of nitrogens with one attached hydrogen (secondary N) is 2. The number of carbonyl (C=O) groups excluding carboxylic acids is 1. The third-order valence-corrected chi connectivity index (χ3v) is 3.41. The molecule has 2 heterocycles. The maximum absolute atomic E-state index is 12.3. The largest absolute Gasteiger partial charge is 0.306 e. The molecule has 0 spiro atoms. The Balaban J connectivity index is 2.02. The number of hydrogen-bond donors (Lipinski definition) is 2. The number of carbonyl (C=O) groups is 1. The smallest absolute Gasteiger partial charge is 0.258 e. The van der Waals surface area contributed by atoms with Crippen LogP contribution in [0, 0.1) is 6.92 Å². The molecule has 7 nitrogen and oxygen atoms in total. The van der Waals surface area contributed by atoms with Gasteiger partial charge in [0, 0.05) is 11.1 Å². The van der Waals surface area contributed by atoms with Crippen molar-refractivity contribution in [3.8, 4) is 0 Å². The second kappa shape index (κ2) is 5.43. The number of fused-ring (bicyclic) bond motifs is 1. The summed E-state index contributed by atoms with van der Waals surface area (Å²) in [6, 6.07) is 5.72. The number of anilines is 1. The van der Waals surface area contributed by atoms with Crippen LogP contribution in [-0.4, -0.2) is 25.5 Å². The van der Waals surface area contributed by atoms with Crippen LogP contribution in [0.1, 0.15) is 16.2 Å².